The van der Waals surface area contributed by atoms with E-state index in [1.807, 2.05) is 0 Å². The number of nitrogens with zero attached hydrogens (tertiary/aromatic N) is 2. The normalized spacial score (nSPS) is 11.8. The van der Waals surface area contributed by atoms with Crippen LogP contribution < -0.4 is 4.74 Å². The molecule has 0 atom stereocenters. The lowest BCUT2D eigenvalue weighted by Crippen LogP contribution is -2.03. The van der Waals surface area contributed by atoms with Crippen LogP contribution in [0.3, 0.4) is 0 Å². The van der Waals surface area contributed by atoms with Gasteiger partial charge < -0.3 is 4.74 Å². The number of benzene rings is 2. The van der Waals surface area contributed by atoms with Gasteiger partial charge >= 0.3 is 0 Å². The molecule has 2 aromatic carbocycles. The van der Waals surface area contributed by atoms with E-state index in [-0.39, 0.29) is 39.7 Å². The summed E-state index contributed by atoms with van der Waals surface area (Å²) in [5.41, 5.74) is 0.639. The Morgan fingerprint density at radius 3 is 2.21 bits per heavy atom. The van der Waals surface area contributed by atoms with Gasteiger partial charge in [0, 0.05) is 23.9 Å². The number of sulfone groups is 1. The Morgan fingerprint density at radius 1 is 1.10 bits per heavy atom. The van der Waals surface area contributed by atoms with Crippen LogP contribution in [-0.4, -0.2) is 31.6 Å². The minimum Gasteiger partial charge on any atom is -0.494 e. The highest BCUT2D eigenvalue weighted by Crippen LogP contribution is 2.40. The number of methoxy groups -OCH3 is 1. The van der Waals surface area contributed by atoms with Crippen LogP contribution in [0.25, 0.3) is 22.4 Å². The first-order chi connectivity index (χ1) is 13.7. The summed E-state index contributed by atoms with van der Waals surface area (Å²) in [4.78, 5) is 0.0994. The number of rotatable bonds is 6. The first-order valence-electron chi connectivity index (χ1n) is 8.70. The maximum absolute atomic E-state index is 14.3. The largest absolute Gasteiger partial charge is 0.494 e. The van der Waals surface area contributed by atoms with Crippen molar-refractivity contribution in [2.75, 3.05) is 13.4 Å². The summed E-state index contributed by atoms with van der Waals surface area (Å²) in [5, 5.41) is 4.29. The summed E-state index contributed by atoms with van der Waals surface area (Å²) in [6.45, 7) is 1.86. The fourth-order valence-electron chi connectivity index (χ4n) is 3.11. The van der Waals surface area contributed by atoms with E-state index < -0.39 is 22.1 Å². The Morgan fingerprint density at radius 2 is 1.72 bits per heavy atom. The lowest BCUT2D eigenvalue weighted by Gasteiger charge is -2.10. The first-order valence-corrected chi connectivity index (χ1v) is 10.6. The molecular formula is C20H19F3N2O3S. The maximum Gasteiger partial charge on any atom is 0.280 e. The Labute approximate surface area is 166 Å². The van der Waals surface area contributed by atoms with Gasteiger partial charge in [-0.2, -0.15) is 5.10 Å². The van der Waals surface area contributed by atoms with Crippen LogP contribution in [0.2, 0.25) is 0 Å². The van der Waals surface area contributed by atoms with Gasteiger partial charge in [0.1, 0.15) is 11.4 Å². The predicted octanol–water partition coefficient (Wildman–Crippen LogP) is 4.73. The lowest BCUT2D eigenvalue weighted by atomic mass is 9.98. The molecule has 0 saturated carbocycles. The molecule has 0 aliphatic rings. The van der Waals surface area contributed by atoms with E-state index in [9.17, 15) is 21.6 Å². The van der Waals surface area contributed by atoms with E-state index in [4.69, 9.17) is 4.74 Å². The van der Waals surface area contributed by atoms with Crippen LogP contribution >= 0.6 is 0 Å². The van der Waals surface area contributed by atoms with Gasteiger partial charge in [-0.25, -0.2) is 21.6 Å². The molecule has 0 amide bonds. The standard InChI is InChI=1S/C20H19F3N2O3S/c1-4-25-19(20(22)23)17(13-7-10-16(28-2)15(21)11-13)18(24-25)12-5-8-14(9-6-12)29(3,26)27/h5-11,20H,4H2,1-3H3. The summed E-state index contributed by atoms with van der Waals surface area (Å²) in [6.07, 6.45) is -1.76. The second-order valence-corrected chi connectivity index (χ2v) is 8.39. The summed E-state index contributed by atoms with van der Waals surface area (Å²) in [6, 6.07) is 9.73. The van der Waals surface area contributed by atoms with E-state index in [1.54, 1.807) is 6.92 Å². The van der Waals surface area contributed by atoms with Crippen LogP contribution in [0, 0.1) is 5.82 Å². The Bertz CT molecular complexity index is 1140. The van der Waals surface area contributed by atoms with Crippen molar-refractivity contribution < 1.29 is 26.3 Å². The minimum atomic E-state index is -3.41. The molecule has 0 spiro atoms. The molecule has 0 saturated heterocycles. The van der Waals surface area contributed by atoms with Crippen LogP contribution in [-0.2, 0) is 16.4 Å². The monoisotopic (exact) mass is 424 g/mol. The molecule has 154 valence electrons. The summed E-state index contributed by atoms with van der Waals surface area (Å²) in [7, 11) is -2.10. The molecule has 3 aromatic rings. The molecule has 5 nitrogen and oxygen atoms in total. The van der Waals surface area contributed by atoms with Crippen LogP contribution in [0.4, 0.5) is 13.2 Å². The summed E-state index contributed by atoms with van der Waals surface area (Å²) >= 11 is 0. The molecule has 0 fully saturated rings. The highest BCUT2D eigenvalue weighted by Gasteiger charge is 2.27. The van der Waals surface area contributed by atoms with Crippen molar-refractivity contribution in [3.05, 3.63) is 54.0 Å². The number of alkyl halides is 2. The molecule has 1 aromatic heterocycles. The number of halogens is 3. The molecule has 0 unspecified atom stereocenters. The highest BCUT2D eigenvalue weighted by molar-refractivity contribution is 7.90. The molecule has 0 bridgehead atoms. The lowest BCUT2D eigenvalue weighted by molar-refractivity contribution is 0.140. The van der Waals surface area contributed by atoms with Gasteiger partial charge in [0.2, 0.25) is 0 Å². The Kier molecular flexibility index (Phi) is 5.70. The van der Waals surface area contributed by atoms with Crippen molar-refractivity contribution >= 4 is 9.84 Å². The smallest absolute Gasteiger partial charge is 0.280 e. The van der Waals surface area contributed by atoms with Gasteiger partial charge in [0.15, 0.2) is 21.4 Å². The molecule has 29 heavy (non-hydrogen) atoms. The Hall–Kier alpha value is -2.81. The molecule has 9 heteroatoms. The minimum absolute atomic E-state index is 0.00529. The summed E-state index contributed by atoms with van der Waals surface area (Å²) < 4.78 is 71.5. The SMILES string of the molecule is CCn1nc(-c2ccc(S(C)(=O)=O)cc2)c(-c2ccc(OC)c(F)c2)c1C(F)F. The molecule has 3 rings (SSSR count). The molecule has 0 aliphatic heterocycles. The Balaban J connectivity index is 2.26. The molecular weight excluding hydrogens is 405 g/mol. The number of aryl methyl sites for hydroxylation is 1. The second-order valence-electron chi connectivity index (χ2n) is 6.37. The van der Waals surface area contributed by atoms with Gasteiger partial charge in [-0.3, -0.25) is 4.68 Å². The average Bonchev–Trinajstić information content (AvgIpc) is 3.07. The van der Waals surface area contributed by atoms with E-state index in [2.05, 4.69) is 5.10 Å². The first kappa shape index (κ1) is 20.9. The zero-order chi connectivity index (χ0) is 21.3. The van der Waals surface area contributed by atoms with Crippen molar-refractivity contribution in [2.45, 2.75) is 24.8 Å². The van der Waals surface area contributed by atoms with E-state index in [1.165, 1.54) is 48.2 Å². The number of hydrogen-bond acceptors (Lipinski definition) is 4. The van der Waals surface area contributed by atoms with Crippen molar-refractivity contribution in [2.24, 2.45) is 0 Å². The maximum atomic E-state index is 14.3. The topological polar surface area (TPSA) is 61.2 Å². The van der Waals surface area contributed by atoms with Gasteiger partial charge in [-0.1, -0.05) is 18.2 Å². The van der Waals surface area contributed by atoms with Crippen molar-refractivity contribution in [3.8, 4) is 28.1 Å². The molecule has 1 heterocycles. The number of ether oxygens (including phenoxy) is 1. The third-order valence-electron chi connectivity index (χ3n) is 4.49. The third kappa shape index (κ3) is 4.00. The average molecular weight is 424 g/mol. The molecule has 0 N–H and O–H groups in total. The van der Waals surface area contributed by atoms with Crippen molar-refractivity contribution in [1.29, 1.82) is 0 Å². The summed E-state index contributed by atoms with van der Waals surface area (Å²) in [5.74, 6) is -0.692. The van der Waals surface area contributed by atoms with Crippen molar-refractivity contribution in [3.63, 3.8) is 0 Å². The number of aromatic nitrogens is 2. The van der Waals surface area contributed by atoms with Crippen LogP contribution in [0.15, 0.2) is 47.4 Å². The molecule has 0 radical (unpaired) electrons. The number of hydrogen-bond donors (Lipinski definition) is 0. The predicted molar refractivity (Wildman–Crippen MR) is 103 cm³/mol. The third-order valence-corrected chi connectivity index (χ3v) is 5.62. The van der Waals surface area contributed by atoms with Gasteiger partial charge in [0.25, 0.3) is 6.43 Å². The molecule has 0 aliphatic carbocycles. The van der Waals surface area contributed by atoms with Crippen LogP contribution in [0.5, 0.6) is 5.75 Å². The fraction of sp³-hybridized carbons (Fsp3) is 0.250. The van der Waals surface area contributed by atoms with Gasteiger partial charge in [0.05, 0.1) is 12.0 Å². The zero-order valence-corrected chi connectivity index (χ0v) is 16.8. The fourth-order valence-corrected chi connectivity index (χ4v) is 3.74. The van der Waals surface area contributed by atoms with E-state index >= 15 is 0 Å². The van der Waals surface area contributed by atoms with Crippen LogP contribution in [0.1, 0.15) is 19.0 Å². The van der Waals surface area contributed by atoms with Gasteiger partial charge in [-0.15, -0.1) is 0 Å². The van der Waals surface area contributed by atoms with Gasteiger partial charge in [-0.05, 0) is 36.8 Å². The second kappa shape index (κ2) is 7.90. The van der Waals surface area contributed by atoms with Crippen molar-refractivity contribution in [1.82, 2.24) is 9.78 Å². The van der Waals surface area contributed by atoms with E-state index in [0.29, 0.717) is 5.56 Å². The zero-order valence-electron chi connectivity index (χ0n) is 16.0. The highest BCUT2D eigenvalue weighted by atomic mass is 32.2. The van der Waals surface area contributed by atoms with E-state index in [0.717, 1.165) is 12.3 Å². The quantitative estimate of drug-likeness (QED) is 0.574.